The zero-order valence-corrected chi connectivity index (χ0v) is 13.1. The fourth-order valence-corrected chi connectivity index (χ4v) is 4.44. The average molecular weight is 312 g/mol. The summed E-state index contributed by atoms with van der Waals surface area (Å²) in [4.78, 5) is 13.9. The van der Waals surface area contributed by atoms with Gasteiger partial charge in [0.1, 0.15) is 0 Å². The smallest absolute Gasteiger partial charge is 0.221 e. The molecular formula is C16H19Cl2NO. The lowest BCUT2D eigenvalue weighted by Gasteiger charge is -2.43. The number of halogens is 2. The number of carbonyl (C=O) groups is 1. The summed E-state index contributed by atoms with van der Waals surface area (Å²) in [6.45, 7) is 0. The Morgan fingerprint density at radius 1 is 1.30 bits per heavy atom. The van der Waals surface area contributed by atoms with Crippen LogP contribution in [0.5, 0.6) is 0 Å². The van der Waals surface area contributed by atoms with Gasteiger partial charge >= 0.3 is 0 Å². The van der Waals surface area contributed by atoms with Crippen LogP contribution in [0.3, 0.4) is 0 Å². The molecule has 0 aromatic heterocycles. The highest BCUT2D eigenvalue weighted by Gasteiger charge is 2.46. The number of fused-ring (bicyclic) bond motifs is 2. The topological polar surface area (TPSA) is 20.3 Å². The molecule has 108 valence electrons. The van der Waals surface area contributed by atoms with E-state index >= 15 is 0 Å². The van der Waals surface area contributed by atoms with Gasteiger partial charge in [-0.15, -0.1) is 0 Å². The van der Waals surface area contributed by atoms with Crippen LogP contribution in [0.25, 0.3) is 0 Å². The Bertz CT molecular complexity index is 502. The van der Waals surface area contributed by atoms with Crippen LogP contribution in [0.15, 0.2) is 24.3 Å². The number of carbonyl (C=O) groups excluding carboxylic acids is 1. The van der Waals surface area contributed by atoms with Crippen LogP contribution in [0, 0.1) is 5.92 Å². The lowest BCUT2D eigenvalue weighted by molar-refractivity contribution is -0.113. The minimum Gasteiger partial charge on any atom is -0.300 e. The van der Waals surface area contributed by atoms with Gasteiger partial charge in [0.05, 0.1) is 0 Å². The van der Waals surface area contributed by atoms with Gasteiger partial charge in [-0.05, 0) is 67.4 Å². The Kier molecular flexibility index (Phi) is 4.07. The highest BCUT2D eigenvalue weighted by molar-refractivity contribution is 6.63. The zero-order valence-electron chi connectivity index (χ0n) is 11.6. The Morgan fingerprint density at radius 2 is 2.00 bits per heavy atom. The molecule has 0 radical (unpaired) electrons. The monoisotopic (exact) mass is 311 g/mol. The third-order valence-corrected chi connectivity index (χ3v) is 5.53. The van der Waals surface area contributed by atoms with Crippen molar-refractivity contribution in [2.75, 3.05) is 7.05 Å². The van der Waals surface area contributed by atoms with Crippen LogP contribution < -0.4 is 0 Å². The molecule has 2 heterocycles. The predicted molar refractivity (Wildman–Crippen MR) is 82.4 cm³/mol. The summed E-state index contributed by atoms with van der Waals surface area (Å²) in [7, 11) is 2.19. The summed E-state index contributed by atoms with van der Waals surface area (Å²) in [6.07, 6.45) is 4.00. The fraction of sp³-hybridized carbons (Fsp3) is 0.562. The highest BCUT2D eigenvalue weighted by Crippen LogP contribution is 2.47. The zero-order chi connectivity index (χ0) is 14.3. The molecule has 20 heavy (non-hydrogen) atoms. The van der Waals surface area contributed by atoms with Crippen molar-refractivity contribution in [3.63, 3.8) is 0 Å². The lowest BCUT2D eigenvalue weighted by Crippen LogP contribution is -2.46. The van der Waals surface area contributed by atoms with E-state index in [1.165, 1.54) is 18.4 Å². The molecule has 4 heteroatoms. The van der Waals surface area contributed by atoms with Gasteiger partial charge < -0.3 is 4.90 Å². The SMILES string of the molecule is CN1C2CCC1[C@H](CC(=O)Cl)[C@H](c1ccc(Cl)cc1)C2. The summed E-state index contributed by atoms with van der Waals surface area (Å²) in [5.41, 5.74) is 1.29. The number of hydrogen-bond acceptors (Lipinski definition) is 2. The van der Waals surface area contributed by atoms with E-state index in [0.29, 0.717) is 30.3 Å². The first kappa shape index (κ1) is 14.4. The second kappa shape index (κ2) is 5.67. The minimum atomic E-state index is -0.215. The molecule has 2 fully saturated rings. The largest absolute Gasteiger partial charge is 0.300 e. The molecule has 0 spiro atoms. The van der Waals surface area contributed by atoms with Crippen molar-refractivity contribution < 1.29 is 4.79 Å². The van der Waals surface area contributed by atoms with Gasteiger partial charge in [-0.3, -0.25) is 4.79 Å². The number of hydrogen-bond donors (Lipinski definition) is 0. The standard InChI is InChI=1S/C16H19Cl2NO/c1-19-12-6-7-15(19)14(9-16(18)20)13(8-12)10-2-4-11(17)5-3-10/h2-5,12-15H,6-9H2,1H3/t12?,13-,14+,15?/m0/s1. The first-order valence-corrected chi connectivity index (χ1v) is 7.97. The third kappa shape index (κ3) is 2.61. The molecular weight excluding hydrogens is 293 g/mol. The van der Waals surface area contributed by atoms with Gasteiger partial charge in [0.15, 0.2) is 0 Å². The molecule has 2 unspecified atom stereocenters. The Balaban J connectivity index is 1.91. The van der Waals surface area contributed by atoms with Gasteiger partial charge in [0, 0.05) is 23.5 Å². The molecule has 2 nitrogen and oxygen atoms in total. The summed E-state index contributed by atoms with van der Waals surface area (Å²) in [5, 5.41) is 0.544. The van der Waals surface area contributed by atoms with Crippen molar-refractivity contribution in [1.29, 1.82) is 0 Å². The number of piperidine rings is 1. The quantitative estimate of drug-likeness (QED) is 0.785. The Labute approximate surface area is 130 Å². The van der Waals surface area contributed by atoms with Gasteiger partial charge in [0.25, 0.3) is 0 Å². The molecule has 0 amide bonds. The van der Waals surface area contributed by atoms with E-state index in [2.05, 4.69) is 24.1 Å². The summed E-state index contributed by atoms with van der Waals surface area (Å²) in [6, 6.07) is 9.21. The van der Waals surface area contributed by atoms with Gasteiger partial charge in [-0.2, -0.15) is 0 Å². The summed E-state index contributed by atoms with van der Waals surface area (Å²) < 4.78 is 0. The number of benzene rings is 1. The van der Waals surface area contributed by atoms with Crippen LogP contribution in [0.1, 0.15) is 37.2 Å². The second-order valence-electron chi connectivity index (χ2n) is 6.08. The van der Waals surface area contributed by atoms with E-state index in [4.69, 9.17) is 23.2 Å². The molecule has 2 aliphatic rings. The molecule has 1 aromatic rings. The van der Waals surface area contributed by atoms with Crippen molar-refractivity contribution >= 4 is 28.4 Å². The number of nitrogens with zero attached hydrogens (tertiary/aromatic N) is 1. The average Bonchev–Trinajstić information content (AvgIpc) is 2.65. The van der Waals surface area contributed by atoms with E-state index in [-0.39, 0.29) is 5.24 Å². The summed E-state index contributed by atoms with van der Waals surface area (Å²) in [5.74, 6) is 0.744. The molecule has 2 bridgehead atoms. The van der Waals surface area contributed by atoms with Crippen LogP contribution in [0.4, 0.5) is 0 Å². The minimum absolute atomic E-state index is 0.215. The van der Waals surface area contributed by atoms with Crippen LogP contribution in [-0.4, -0.2) is 29.3 Å². The van der Waals surface area contributed by atoms with Crippen molar-refractivity contribution in [2.45, 2.75) is 43.7 Å². The first-order valence-electron chi connectivity index (χ1n) is 7.22. The van der Waals surface area contributed by atoms with E-state index in [0.717, 1.165) is 11.4 Å². The molecule has 2 saturated heterocycles. The molecule has 2 aliphatic heterocycles. The lowest BCUT2D eigenvalue weighted by atomic mass is 9.75. The predicted octanol–water partition coefficient (Wildman–Crippen LogP) is 4.06. The molecule has 1 aromatic carbocycles. The maximum absolute atomic E-state index is 11.5. The van der Waals surface area contributed by atoms with Gasteiger partial charge in [-0.25, -0.2) is 0 Å². The first-order chi connectivity index (χ1) is 9.56. The normalized spacial score (nSPS) is 33.4. The van der Waals surface area contributed by atoms with E-state index in [9.17, 15) is 4.79 Å². The summed E-state index contributed by atoms with van der Waals surface area (Å²) >= 11 is 11.7. The second-order valence-corrected chi connectivity index (χ2v) is 6.94. The molecule has 4 atom stereocenters. The van der Waals surface area contributed by atoms with E-state index in [1.807, 2.05) is 12.1 Å². The van der Waals surface area contributed by atoms with Crippen molar-refractivity contribution in [2.24, 2.45) is 5.92 Å². The molecule has 0 saturated carbocycles. The Hall–Kier alpha value is -0.570. The highest BCUT2D eigenvalue weighted by atomic mass is 35.5. The van der Waals surface area contributed by atoms with Gasteiger partial charge in [0.2, 0.25) is 5.24 Å². The molecule has 3 rings (SSSR count). The van der Waals surface area contributed by atoms with E-state index < -0.39 is 0 Å². The molecule has 0 aliphatic carbocycles. The number of rotatable bonds is 3. The van der Waals surface area contributed by atoms with E-state index in [1.54, 1.807) is 0 Å². The van der Waals surface area contributed by atoms with Gasteiger partial charge in [-0.1, -0.05) is 23.7 Å². The maximum Gasteiger partial charge on any atom is 0.221 e. The van der Waals surface area contributed by atoms with Crippen molar-refractivity contribution in [3.05, 3.63) is 34.9 Å². The van der Waals surface area contributed by atoms with Crippen molar-refractivity contribution in [1.82, 2.24) is 4.90 Å². The van der Waals surface area contributed by atoms with Crippen LogP contribution in [-0.2, 0) is 4.79 Å². The van der Waals surface area contributed by atoms with Crippen LogP contribution >= 0.6 is 23.2 Å². The fourth-order valence-electron chi connectivity index (χ4n) is 4.13. The van der Waals surface area contributed by atoms with Crippen molar-refractivity contribution in [3.8, 4) is 0 Å². The Morgan fingerprint density at radius 3 is 2.65 bits per heavy atom. The van der Waals surface area contributed by atoms with Crippen LogP contribution in [0.2, 0.25) is 5.02 Å². The maximum atomic E-state index is 11.5. The third-order valence-electron chi connectivity index (χ3n) is 5.13. The molecule has 0 N–H and O–H groups in total.